The molecule has 0 radical (unpaired) electrons. The Bertz CT molecular complexity index is 642. The quantitative estimate of drug-likeness (QED) is 0.890. The van der Waals surface area contributed by atoms with Crippen molar-refractivity contribution in [2.24, 2.45) is 5.73 Å². The maximum Gasteiger partial charge on any atom is 0.297 e. The average Bonchev–Trinajstić information content (AvgIpc) is 2.41. The zero-order valence-corrected chi connectivity index (χ0v) is 10.9. The molecule has 0 aliphatic heterocycles. The topological polar surface area (TPSA) is 90.2 Å². The van der Waals surface area contributed by atoms with Gasteiger partial charge in [0.1, 0.15) is 5.75 Å². The molecule has 0 unspecified atom stereocenters. The molecule has 2 rings (SSSR count). The molecular formula is C12H12ClN3O3. The van der Waals surface area contributed by atoms with Crippen molar-refractivity contribution in [2.45, 2.75) is 6.54 Å². The van der Waals surface area contributed by atoms with Gasteiger partial charge in [0.05, 0.1) is 18.5 Å². The Morgan fingerprint density at radius 2 is 2.26 bits per heavy atom. The van der Waals surface area contributed by atoms with Gasteiger partial charge in [-0.05, 0) is 17.7 Å². The van der Waals surface area contributed by atoms with Gasteiger partial charge in [-0.25, -0.2) is 4.98 Å². The summed E-state index contributed by atoms with van der Waals surface area (Å²) in [5, 5.41) is 0.382. The smallest absolute Gasteiger partial charge is 0.297 e. The van der Waals surface area contributed by atoms with Crippen molar-refractivity contribution < 1.29 is 9.47 Å². The largest absolute Gasteiger partial charge is 0.487 e. The summed E-state index contributed by atoms with van der Waals surface area (Å²) < 4.78 is 10.4. The molecule has 1 aromatic heterocycles. The number of nitrogens with one attached hydrogen (secondary N) is 1. The van der Waals surface area contributed by atoms with E-state index in [2.05, 4.69) is 9.97 Å². The van der Waals surface area contributed by atoms with Crippen LogP contribution >= 0.6 is 11.6 Å². The van der Waals surface area contributed by atoms with Crippen LogP contribution in [-0.4, -0.2) is 17.1 Å². The lowest BCUT2D eigenvalue weighted by atomic mass is 10.2. The Hall–Kier alpha value is -2.05. The van der Waals surface area contributed by atoms with Crippen molar-refractivity contribution in [3.8, 4) is 17.4 Å². The molecule has 0 saturated heterocycles. The molecule has 0 spiro atoms. The molecule has 3 N–H and O–H groups in total. The van der Waals surface area contributed by atoms with Gasteiger partial charge in [-0.1, -0.05) is 17.7 Å². The van der Waals surface area contributed by atoms with Crippen LogP contribution in [0.25, 0.3) is 0 Å². The summed E-state index contributed by atoms with van der Waals surface area (Å²) in [6.45, 7) is 0.382. The van der Waals surface area contributed by atoms with Crippen LogP contribution in [0.2, 0.25) is 5.02 Å². The minimum atomic E-state index is -0.429. The first-order valence-electron chi connectivity index (χ1n) is 5.43. The summed E-state index contributed by atoms with van der Waals surface area (Å²) >= 11 is 6.06. The molecule has 6 nitrogen and oxygen atoms in total. The van der Waals surface area contributed by atoms with Crippen LogP contribution in [-0.2, 0) is 6.54 Å². The maximum atomic E-state index is 11.5. The Morgan fingerprint density at radius 1 is 1.47 bits per heavy atom. The molecular weight excluding hydrogens is 270 g/mol. The van der Waals surface area contributed by atoms with Crippen molar-refractivity contribution in [1.82, 2.24) is 9.97 Å². The Balaban J connectivity index is 2.36. The van der Waals surface area contributed by atoms with Crippen LogP contribution in [0.4, 0.5) is 0 Å². The molecule has 1 aromatic carbocycles. The zero-order chi connectivity index (χ0) is 13.8. The standard InChI is InChI=1S/C12H12ClN3O3/c1-18-10-11(17)15-6-16-12(10)19-9-3-2-7(5-14)4-8(9)13/h2-4,6H,5,14H2,1H3,(H,15,16,17). The fourth-order valence-electron chi connectivity index (χ4n) is 1.48. The van der Waals surface area contributed by atoms with E-state index in [1.54, 1.807) is 18.2 Å². The maximum absolute atomic E-state index is 11.5. The van der Waals surface area contributed by atoms with Gasteiger partial charge in [0.15, 0.2) is 0 Å². The molecule has 0 fully saturated rings. The number of halogens is 1. The summed E-state index contributed by atoms with van der Waals surface area (Å²) in [6.07, 6.45) is 1.22. The fraction of sp³-hybridized carbons (Fsp3) is 0.167. The summed E-state index contributed by atoms with van der Waals surface area (Å²) in [5.74, 6) is 0.408. The SMILES string of the molecule is COc1c(Oc2ccc(CN)cc2Cl)nc[nH]c1=O. The molecule has 0 bridgehead atoms. The highest BCUT2D eigenvalue weighted by atomic mass is 35.5. The highest BCUT2D eigenvalue weighted by molar-refractivity contribution is 6.32. The van der Waals surface area contributed by atoms with Crippen molar-refractivity contribution in [3.63, 3.8) is 0 Å². The molecule has 19 heavy (non-hydrogen) atoms. The van der Waals surface area contributed by atoms with Crippen molar-refractivity contribution in [1.29, 1.82) is 0 Å². The summed E-state index contributed by atoms with van der Waals surface area (Å²) in [4.78, 5) is 17.8. The molecule has 0 atom stereocenters. The third-order valence-corrected chi connectivity index (χ3v) is 2.72. The second kappa shape index (κ2) is 5.73. The first kappa shape index (κ1) is 13.4. The molecule has 2 aromatic rings. The number of hydrogen-bond acceptors (Lipinski definition) is 5. The fourth-order valence-corrected chi connectivity index (χ4v) is 1.72. The van der Waals surface area contributed by atoms with Gasteiger partial charge in [-0.15, -0.1) is 0 Å². The summed E-state index contributed by atoms with van der Waals surface area (Å²) in [6, 6.07) is 5.13. The number of nitrogens with zero attached hydrogens (tertiary/aromatic N) is 1. The number of nitrogens with two attached hydrogens (primary N) is 1. The lowest BCUT2D eigenvalue weighted by Crippen LogP contribution is -2.11. The number of methoxy groups -OCH3 is 1. The first-order valence-corrected chi connectivity index (χ1v) is 5.81. The average molecular weight is 282 g/mol. The molecule has 0 aliphatic rings. The summed E-state index contributed by atoms with van der Waals surface area (Å²) in [5.41, 5.74) is 5.96. The normalized spacial score (nSPS) is 10.3. The monoisotopic (exact) mass is 281 g/mol. The van der Waals surface area contributed by atoms with Gasteiger partial charge in [-0.3, -0.25) is 4.79 Å². The zero-order valence-electron chi connectivity index (χ0n) is 10.1. The lowest BCUT2D eigenvalue weighted by Gasteiger charge is -2.09. The first-order chi connectivity index (χ1) is 9.15. The minimum Gasteiger partial charge on any atom is -0.487 e. The van der Waals surface area contributed by atoms with E-state index < -0.39 is 5.56 Å². The molecule has 0 saturated carbocycles. The third-order valence-electron chi connectivity index (χ3n) is 2.42. The Morgan fingerprint density at radius 3 is 2.89 bits per heavy atom. The predicted molar refractivity (Wildman–Crippen MR) is 70.8 cm³/mol. The summed E-state index contributed by atoms with van der Waals surface area (Å²) in [7, 11) is 1.36. The van der Waals surface area contributed by atoms with E-state index in [1.807, 2.05) is 0 Å². The van der Waals surface area contributed by atoms with Gasteiger partial charge in [-0.2, -0.15) is 0 Å². The highest BCUT2D eigenvalue weighted by Crippen LogP contribution is 2.31. The van der Waals surface area contributed by atoms with Crippen LogP contribution in [0.5, 0.6) is 17.4 Å². The second-order valence-electron chi connectivity index (χ2n) is 3.64. The molecule has 7 heteroatoms. The van der Waals surface area contributed by atoms with E-state index >= 15 is 0 Å². The Kier molecular flexibility index (Phi) is 4.03. The van der Waals surface area contributed by atoms with Crippen LogP contribution in [0, 0.1) is 0 Å². The predicted octanol–water partition coefficient (Wildman–Crippen LogP) is 1.68. The van der Waals surface area contributed by atoms with Crippen molar-refractivity contribution in [3.05, 3.63) is 45.5 Å². The molecule has 1 heterocycles. The number of ether oxygens (including phenoxy) is 2. The van der Waals surface area contributed by atoms with E-state index in [-0.39, 0.29) is 11.6 Å². The molecule has 0 amide bonds. The van der Waals surface area contributed by atoms with Crippen LogP contribution in [0.15, 0.2) is 29.3 Å². The highest BCUT2D eigenvalue weighted by Gasteiger charge is 2.13. The Labute approximate surface area is 114 Å². The van der Waals surface area contributed by atoms with E-state index in [0.29, 0.717) is 17.3 Å². The number of hydrogen-bond donors (Lipinski definition) is 2. The van der Waals surface area contributed by atoms with Gasteiger partial charge in [0.25, 0.3) is 11.4 Å². The van der Waals surface area contributed by atoms with Crippen LogP contribution in [0.3, 0.4) is 0 Å². The third kappa shape index (κ3) is 2.86. The molecule has 0 aliphatic carbocycles. The second-order valence-corrected chi connectivity index (χ2v) is 4.05. The number of rotatable bonds is 4. The van der Waals surface area contributed by atoms with Crippen LogP contribution < -0.4 is 20.8 Å². The number of H-pyrrole nitrogens is 1. The van der Waals surface area contributed by atoms with E-state index in [0.717, 1.165) is 5.56 Å². The van der Waals surface area contributed by atoms with E-state index in [1.165, 1.54) is 13.4 Å². The van der Waals surface area contributed by atoms with Crippen LogP contribution in [0.1, 0.15) is 5.56 Å². The van der Waals surface area contributed by atoms with Crippen molar-refractivity contribution in [2.75, 3.05) is 7.11 Å². The number of aromatic amines is 1. The molecule has 100 valence electrons. The van der Waals surface area contributed by atoms with Crippen molar-refractivity contribution >= 4 is 11.6 Å². The minimum absolute atomic E-state index is 0.0125. The van der Waals surface area contributed by atoms with Gasteiger partial charge < -0.3 is 20.2 Å². The van der Waals surface area contributed by atoms with Gasteiger partial charge in [0, 0.05) is 6.54 Å². The van der Waals surface area contributed by atoms with Gasteiger partial charge >= 0.3 is 0 Å². The lowest BCUT2D eigenvalue weighted by molar-refractivity contribution is 0.363. The van der Waals surface area contributed by atoms with Gasteiger partial charge in [0.2, 0.25) is 5.75 Å². The number of benzene rings is 1. The van der Waals surface area contributed by atoms with E-state index in [9.17, 15) is 4.79 Å². The number of aromatic nitrogens is 2. The van der Waals surface area contributed by atoms with E-state index in [4.69, 9.17) is 26.8 Å².